The molecule has 0 unspecified atom stereocenters. The van der Waals surface area contributed by atoms with Crippen molar-refractivity contribution in [2.75, 3.05) is 6.61 Å². The molecular formula is C44H49N7O10. The zero-order valence-electron chi connectivity index (χ0n) is 33.8. The van der Waals surface area contributed by atoms with E-state index in [0.29, 0.717) is 52.9 Å². The summed E-state index contributed by atoms with van der Waals surface area (Å²) in [4.78, 5) is 72.8. The van der Waals surface area contributed by atoms with E-state index >= 15 is 0 Å². The average molecular weight is 836 g/mol. The summed E-state index contributed by atoms with van der Waals surface area (Å²) in [6.45, 7) is 3.04. The number of ether oxygens (including phenoxy) is 1. The lowest BCUT2D eigenvalue weighted by atomic mass is 10.1. The molecular weight excluding hydrogens is 787 g/mol. The molecule has 61 heavy (non-hydrogen) atoms. The van der Waals surface area contributed by atoms with E-state index in [1.807, 2.05) is 15.9 Å². The van der Waals surface area contributed by atoms with E-state index in [9.17, 15) is 44.7 Å². The van der Waals surface area contributed by atoms with Gasteiger partial charge in [0.25, 0.3) is 0 Å². The number of aromatic nitrogens is 5. The van der Waals surface area contributed by atoms with Gasteiger partial charge >= 0.3 is 17.9 Å². The SMILES string of the molecule is CC(=O)CCCCCCCOc1cc(CN(Cc2cccc(C(=O)O)n2)Cc2cccc(C(=O)O)n2)nc(CN(Cc2cccc(C(=O)O)n2)Cc2cccc(C(O)O)n2)c1. The number of aromatic carboxylic acids is 3. The fourth-order valence-electron chi connectivity index (χ4n) is 6.56. The minimum Gasteiger partial charge on any atom is -0.493 e. The Morgan fingerprint density at radius 1 is 0.525 bits per heavy atom. The Morgan fingerprint density at radius 3 is 1.34 bits per heavy atom. The molecule has 0 aromatic carbocycles. The first-order chi connectivity index (χ1) is 29.3. The molecule has 17 nitrogen and oxygen atoms in total. The largest absolute Gasteiger partial charge is 0.493 e. The van der Waals surface area contributed by atoms with E-state index in [4.69, 9.17) is 9.72 Å². The van der Waals surface area contributed by atoms with Gasteiger partial charge in [-0.2, -0.15) is 0 Å². The summed E-state index contributed by atoms with van der Waals surface area (Å²) in [7, 11) is 0. The van der Waals surface area contributed by atoms with Crippen LogP contribution in [0.2, 0.25) is 0 Å². The Hall–Kier alpha value is -6.53. The van der Waals surface area contributed by atoms with Crippen LogP contribution >= 0.6 is 0 Å². The van der Waals surface area contributed by atoms with Crippen molar-refractivity contribution in [1.82, 2.24) is 34.7 Å². The van der Waals surface area contributed by atoms with Gasteiger partial charge in [0.1, 0.15) is 28.6 Å². The molecule has 320 valence electrons. The van der Waals surface area contributed by atoms with E-state index in [-0.39, 0.29) is 67.8 Å². The monoisotopic (exact) mass is 835 g/mol. The fourth-order valence-corrected chi connectivity index (χ4v) is 6.56. The molecule has 0 saturated heterocycles. The van der Waals surface area contributed by atoms with Gasteiger partial charge in [-0.05, 0) is 68.3 Å². The van der Waals surface area contributed by atoms with Crippen molar-refractivity contribution in [3.05, 3.63) is 142 Å². The number of Topliss-reactive ketones (excluding diaryl/α,β-unsaturated/α-hetero) is 1. The van der Waals surface area contributed by atoms with Gasteiger partial charge in [0.15, 0.2) is 6.29 Å². The molecule has 0 fully saturated rings. The number of aliphatic hydroxyl groups excluding tert-OH is 1. The molecule has 0 aliphatic heterocycles. The first-order valence-corrected chi connectivity index (χ1v) is 19.8. The van der Waals surface area contributed by atoms with Crippen LogP contribution in [-0.2, 0) is 44.1 Å². The van der Waals surface area contributed by atoms with Gasteiger partial charge in [0.2, 0.25) is 0 Å². The summed E-state index contributed by atoms with van der Waals surface area (Å²) >= 11 is 0. The maximum atomic E-state index is 11.8. The number of aliphatic hydroxyl groups is 2. The van der Waals surface area contributed by atoms with Gasteiger partial charge in [0, 0.05) is 57.8 Å². The number of carbonyl (C=O) groups is 4. The minimum atomic E-state index is -1.78. The Bertz CT molecular complexity index is 2230. The Kier molecular flexibility index (Phi) is 17.0. The van der Waals surface area contributed by atoms with Crippen molar-refractivity contribution in [1.29, 1.82) is 0 Å². The third kappa shape index (κ3) is 15.2. The molecule has 17 heteroatoms. The zero-order valence-corrected chi connectivity index (χ0v) is 33.8. The highest BCUT2D eigenvalue weighted by Crippen LogP contribution is 2.22. The molecule has 0 bridgehead atoms. The third-order valence-electron chi connectivity index (χ3n) is 9.33. The lowest BCUT2D eigenvalue weighted by Gasteiger charge is -2.24. The second kappa shape index (κ2) is 22.7. The Balaban J connectivity index is 1.48. The van der Waals surface area contributed by atoms with Gasteiger partial charge in [-0.3, -0.25) is 19.8 Å². The van der Waals surface area contributed by atoms with Crippen LogP contribution in [-0.4, -0.2) is 90.6 Å². The van der Waals surface area contributed by atoms with E-state index in [1.54, 1.807) is 61.5 Å². The van der Waals surface area contributed by atoms with Crippen LogP contribution in [0, 0.1) is 0 Å². The Morgan fingerprint density at radius 2 is 0.918 bits per heavy atom. The number of hydrogen-bond acceptors (Lipinski definition) is 14. The van der Waals surface area contributed by atoms with Crippen molar-refractivity contribution in [3.63, 3.8) is 0 Å². The number of rotatable bonds is 25. The highest BCUT2D eigenvalue weighted by Gasteiger charge is 2.19. The maximum absolute atomic E-state index is 11.8. The number of carbonyl (C=O) groups excluding carboxylic acids is 1. The van der Waals surface area contributed by atoms with E-state index in [0.717, 1.165) is 32.1 Å². The van der Waals surface area contributed by atoms with Gasteiger partial charge < -0.3 is 35.1 Å². The summed E-state index contributed by atoms with van der Waals surface area (Å²) in [5.41, 5.74) is 2.70. The van der Waals surface area contributed by atoms with E-state index in [2.05, 4.69) is 19.9 Å². The third-order valence-corrected chi connectivity index (χ3v) is 9.33. The highest BCUT2D eigenvalue weighted by atomic mass is 16.5. The van der Waals surface area contributed by atoms with E-state index < -0.39 is 24.2 Å². The Labute approximate surface area is 352 Å². The quantitative estimate of drug-likeness (QED) is 0.0362. The van der Waals surface area contributed by atoms with Crippen LogP contribution in [0.3, 0.4) is 0 Å². The summed E-state index contributed by atoms with van der Waals surface area (Å²) in [6.07, 6.45) is 3.22. The first kappa shape index (κ1) is 45.6. The maximum Gasteiger partial charge on any atom is 0.354 e. The lowest BCUT2D eigenvalue weighted by Crippen LogP contribution is -2.26. The number of hydrogen-bond donors (Lipinski definition) is 5. The second-order valence-corrected chi connectivity index (χ2v) is 14.5. The number of pyridine rings is 5. The van der Waals surface area contributed by atoms with Crippen LogP contribution in [0.5, 0.6) is 5.75 Å². The van der Waals surface area contributed by atoms with Crippen LogP contribution in [0.25, 0.3) is 0 Å². The summed E-state index contributed by atoms with van der Waals surface area (Å²) in [5, 5.41) is 48.5. The molecule has 0 aliphatic rings. The molecule has 0 radical (unpaired) electrons. The zero-order chi connectivity index (χ0) is 43.7. The van der Waals surface area contributed by atoms with Crippen LogP contribution in [0.1, 0.15) is 123 Å². The molecule has 0 spiro atoms. The lowest BCUT2D eigenvalue weighted by molar-refractivity contribution is -0.117. The molecule has 0 atom stereocenters. The van der Waals surface area contributed by atoms with Crippen molar-refractivity contribution < 1.29 is 49.4 Å². The first-order valence-electron chi connectivity index (χ1n) is 19.8. The van der Waals surface area contributed by atoms with Crippen molar-refractivity contribution in [2.24, 2.45) is 0 Å². The normalized spacial score (nSPS) is 11.3. The average Bonchev–Trinajstić information content (AvgIpc) is 3.22. The van der Waals surface area contributed by atoms with Gasteiger partial charge in [-0.1, -0.05) is 43.5 Å². The molecule has 5 aromatic heterocycles. The molecule has 0 aliphatic carbocycles. The number of nitrogens with zero attached hydrogens (tertiary/aromatic N) is 7. The van der Waals surface area contributed by atoms with Crippen molar-refractivity contribution >= 4 is 23.7 Å². The smallest absolute Gasteiger partial charge is 0.354 e. The second-order valence-electron chi connectivity index (χ2n) is 14.5. The van der Waals surface area contributed by atoms with E-state index in [1.165, 1.54) is 24.3 Å². The molecule has 0 amide bonds. The summed E-state index contributed by atoms with van der Waals surface area (Å²) in [6, 6.07) is 22.6. The molecule has 5 heterocycles. The predicted octanol–water partition coefficient (Wildman–Crippen LogP) is 5.45. The summed E-state index contributed by atoms with van der Waals surface area (Å²) in [5.74, 6) is -2.83. The number of unbranched alkanes of at least 4 members (excludes halogenated alkanes) is 4. The molecule has 5 rings (SSSR count). The van der Waals surface area contributed by atoms with Gasteiger partial charge in [-0.15, -0.1) is 0 Å². The van der Waals surface area contributed by atoms with Gasteiger partial charge in [-0.25, -0.2) is 29.3 Å². The van der Waals surface area contributed by atoms with Crippen molar-refractivity contribution in [3.8, 4) is 5.75 Å². The van der Waals surface area contributed by atoms with Crippen LogP contribution in [0.15, 0.2) is 84.9 Å². The number of ketones is 1. The predicted molar refractivity (Wildman–Crippen MR) is 219 cm³/mol. The fraction of sp³-hybridized carbons (Fsp3) is 0.341. The number of carboxylic acids is 3. The standard InChI is InChI=1S/C44H49N7O10/c1-29(52)11-5-3-2-4-6-20-61-36-21-34(27-50(23-30-12-7-16-37(46-30)41(53)54)24-31-13-8-17-38(47-31)42(55)56)45-35(22-36)28-51(25-32-14-9-18-39(48-32)43(57)58)26-33-15-10-19-40(49-33)44(59)60/h7-10,12-19,21-22,41,53-54H,2-6,11,20,23-28H2,1H3,(H,55,56)(H,57,58)(H,59,60). The number of carboxylic acid groups (broad SMARTS) is 3. The topological polar surface area (TPSA) is 250 Å². The highest BCUT2D eigenvalue weighted by molar-refractivity contribution is 5.86. The molecule has 5 aromatic rings. The molecule has 5 N–H and O–H groups in total. The van der Waals surface area contributed by atoms with Crippen LogP contribution < -0.4 is 4.74 Å². The molecule has 0 saturated carbocycles. The van der Waals surface area contributed by atoms with Gasteiger partial charge in [0.05, 0.1) is 46.5 Å². The minimum absolute atomic E-state index is 0.0602. The van der Waals surface area contributed by atoms with Crippen molar-refractivity contribution in [2.45, 2.75) is 91.0 Å². The van der Waals surface area contributed by atoms with Crippen LogP contribution in [0.4, 0.5) is 0 Å². The summed E-state index contributed by atoms with van der Waals surface area (Å²) < 4.78 is 6.30.